The zero-order valence-corrected chi connectivity index (χ0v) is 16.9. The molecule has 1 atom stereocenters. The van der Waals surface area contributed by atoms with Crippen molar-refractivity contribution >= 4 is 11.4 Å². The molecule has 1 unspecified atom stereocenters. The van der Waals surface area contributed by atoms with Crippen molar-refractivity contribution in [2.45, 2.75) is 53.4 Å². The van der Waals surface area contributed by atoms with Crippen LogP contribution in [0.4, 0.5) is 13.2 Å². The number of benzene rings is 2. The summed E-state index contributed by atoms with van der Waals surface area (Å²) in [5.41, 5.74) is 6.32. The molecule has 2 rings (SSSR count). The second-order valence-electron chi connectivity index (χ2n) is 7.54. The van der Waals surface area contributed by atoms with Gasteiger partial charge in [0, 0.05) is 12.5 Å². The monoisotopic (exact) mass is 372 g/mol. The van der Waals surface area contributed by atoms with Crippen molar-refractivity contribution < 1.29 is 13.2 Å². The Hall–Kier alpha value is -2.29. The number of alkyl halides is 2. The molecule has 2 aromatic rings. The highest BCUT2D eigenvalue weighted by Crippen LogP contribution is 2.38. The molecule has 0 saturated carbocycles. The molecule has 0 saturated heterocycles. The lowest BCUT2D eigenvalue weighted by atomic mass is 9.88. The highest BCUT2D eigenvalue weighted by molar-refractivity contribution is 5.69. The average molecular weight is 372 g/mol. The summed E-state index contributed by atoms with van der Waals surface area (Å²) >= 11 is 0. The van der Waals surface area contributed by atoms with Gasteiger partial charge in [-0.05, 0) is 80.1 Å². The van der Waals surface area contributed by atoms with Crippen LogP contribution < -0.4 is 0 Å². The maximum atomic E-state index is 14.9. The van der Waals surface area contributed by atoms with Crippen LogP contribution in [-0.4, -0.2) is 5.92 Å². The van der Waals surface area contributed by atoms with Gasteiger partial charge in [-0.1, -0.05) is 36.4 Å². The second kappa shape index (κ2) is 7.75. The fourth-order valence-corrected chi connectivity index (χ4v) is 3.32. The summed E-state index contributed by atoms with van der Waals surface area (Å²) < 4.78 is 43.6. The zero-order valence-electron chi connectivity index (χ0n) is 16.9. The molecule has 0 aromatic heterocycles. The van der Waals surface area contributed by atoms with Crippen molar-refractivity contribution in [3.8, 4) is 0 Å². The molecule has 2 aromatic carbocycles. The van der Waals surface area contributed by atoms with E-state index in [1.807, 2.05) is 34.6 Å². The van der Waals surface area contributed by atoms with Gasteiger partial charge in [-0.3, -0.25) is 0 Å². The molecule has 0 radical (unpaired) electrons. The molecule has 0 bridgehead atoms. The number of hydrogen-bond acceptors (Lipinski definition) is 0. The Morgan fingerprint density at radius 3 is 2.00 bits per heavy atom. The maximum absolute atomic E-state index is 14.9. The quantitative estimate of drug-likeness (QED) is 0.504. The first-order valence-electron chi connectivity index (χ1n) is 9.01. The minimum absolute atomic E-state index is 0.298. The molecule has 0 aliphatic carbocycles. The summed E-state index contributed by atoms with van der Waals surface area (Å²) in [7, 11) is 0. The molecule has 0 fully saturated rings. The number of allylic oxidation sites excluding steroid dienone is 2. The Morgan fingerprint density at radius 2 is 1.56 bits per heavy atom. The lowest BCUT2D eigenvalue weighted by Crippen LogP contribution is -2.21. The predicted molar refractivity (Wildman–Crippen MR) is 109 cm³/mol. The fraction of sp³-hybridized carbons (Fsp3) is 0.333. The third kappa shape index (κ3) is 4.71. The van der Waals surface area contributed by atoms with Crippen LogP contribution in [0.5, 0.6) is 0 Å². The van der Waals surface area contributed by atoms with Gasteiger partial charge < -0.3 is 0 Å². The summed E-state index contributed by atoms with van der Waals surface area (Å²) in [5, 5.41) is 0. The van der Waals surface area contributed by atoms with E-state index >= 15 is 0 Å². The van der Waals surface area contributed by atoms with Crippen molar-refractivity contribution in [1.29, 1.82) is 0 Å². The number of aryl methyl sites for hydroxylation is 3. The van der Waals surface area contributed by atoms with Crippen LogP contribution in [0.25, 0.3) is 11.4 Å². The van der Waals surface area contributed by atoms with Crippen molar-refractivity contribution in [2.75, 3.05) is 0 Å². The van der Waals surface area contributed by atoms with Crippen LogP contribution in [0.3, 0.4) is 0 Å². The fourth-order valence-electron chi connectivity index (χ4n) is 3.32. The van der Waals surface area contributed by atoms with E-state index in [0.29, 0.717) is 11.1 Å². The molecule has 0 N–H and O–H groups in total. The molecular formula is C24H27F3. The van der Waals surface area contributed by atoms with Gasteiger partial charge in [0.05, 0.1) is 5.92 Å². The molecule has 0 spiro atoms. The summed E-state index contributed by atoms with van der Waals surface area (Å²) in [6, 6.07) is 8.51. The lowest BCUT2D eigenvalue weighted by Gasteiger charge is -2.23. The predicted octanol–water partition coefficient (Wildman–Crippen LogP) is 7.70. The largest absolute Gasteiger partial charge is 0.255 e. The number of halogens is 3. The van der Waals surface area contributed by atoms with E-state index in [-0.39, 0.29) is 0 Å². The Morgan fingerprint density at radius 1 is 1.00 bits per heavy atom. The Labute approximate surface area is 160 Å². The Balaban J connectivity index is 2.53. The summed E-state index contributed by atoms with van der Waals surface area (Å²) in [4.78, 5) is 0. The minimum Gasteiger partial charge on any atom is -0.207 e. The van der Waals surface area contributed by atoms with Crippen LogP contribution in [0.2, 0.25) is 0 Å². The van der Waals surface area contributed by atoms with Gasteiger partial charge >= 0.3 is 0 Å². The minimum atomic E-state index is -3.09. The molecular weight excluding hydrogens is 345 g/mol. The number of rotatable bonds is 5. The Bertz CT molecular complexity index is 875. The SMILES string of the molecule is C=C(C)c1ccc(/C(F)=C/C(c2cc(C)c(C)c(C)c2)C(C)(F)F)cc1C. The molecule has 144 valence electrons. The van der Waals surface area contributed by atoms with Crippen LogP contribution in [0.1, 0.15) is 58.7 Å². The molecule has 27 heavy (non-hydrogen) atoms. The lowest BCUT2D eigenvalue weighted by molar-refractivity contribution is 0.00666. The van der Waals surface area contributed by atoms with Gasteiger partial charge in [-0.15, -0.1) is 0 Å². The van der Waals surface area contributed by atoms with E-state index in [2.05, 4.69) is 6.58 Å². The van der Waals surface area contributed by atoms with E-state index in [1.54, 1.807) is 30.3 Å². The summed E-state index contributed by atoms with van der Waals surface area (Å²) in [6.07, 6.45) is 1.04. The molecule has 3 heteroatoms. The molecule has 0 aliphatic rings. The van der Waals surface area contributed by atoms with Crippen LogP contribution in [-0.2, 0) is 0 Å². The van der Waals surface area contributed by atoms with E-state index in [1.165, 1.54) is 0 Å². The normalized spacial score (nSPS) is 13.6. The van der Waals surface area contributed by atoms with Gasteiger partial charge in [-0.25, -0.2) is 13.2 Å². The van der Waals surface area contributed by atoms with Gasteiger partial charge in [-0.2, -0.15) is 0 Å². The average Bonchev–Trinajstić information content (AvgIpc) is 2.55. The smallest absolute Gasteiger partial charge is 0.207 e. The highest BCUT2D eigenvalue weighted by atomic mass is 19.3. The van der Waals surface area contributed by atoms with E-state index in [4.69, 9.17) is 0 Å². The van der Waals surface area contributed by atoms with Crippen LogP contribution >= 0.6 is 0 Å². The van der Waals surface area contributed by atoms with Crippen molar-refractivity contribution in [2.24, 2.45) is 0 Å². The molecule has 0 heterocycles. The van der Waals surface area contributed by atoms with E-state index in [9.17, 15) is 13.2 Å². The van der Waals surface area contributed by atoms with Crippen molar-refractivity contribution in [3.63, 3.8) is 0 Å². The standard InChI is InChI=1S/C24H27F3/c1-14(2)21-9-8-19(12-17(21)5)23(25)13-22(24(7,26)27)20-10-15(3)18(6)16(4)11-20/h8-13,22H,1H2,2-7H3/b23-13-. The van der Waals surface area contributed by atoms with Crippen LogP contribution in [0.15, 0.2) is 43.0 Å². The van der Waals surface area contributed by atoms with E-state index < -0.39 is 17.7 Å². The molecule has 0 aliphatic heterocycles. The summed E-state index contributed by atoms with van der Waals surface area (Å²) in [5.74, 6) is -5.07. The molecule has 0 amide bonds. The first kappa shape index (κ1) is 21.0. The van der Waals surface area contributed by atoms with Crippen molar-refractivity contribution in [1.82, 2.24) is 0 Å². The second-order valence-corrected chi connectivity index (χ2v) is 7.54. The first-order valence-corrected chi connectivity index (χ1v) is 9.01. The first-order chi connectivity index (χ1) is 12.4. The zero-order chi connectivity index (χ0) is 20.5. The van der Waals surface area contributed by atoms with Gasteiger partial charge in [0.25, 0.3) is 5.92 Å². The van der Waals surface area contributed by atoms with Gasteiger partial charge in [0.2, 0.25) is 0 Å². The Kier molecular flexibility index (Phi) is 6.04. The topological polar surface area (TPSA) is 0 Å². The van der Waals surface area contributed by atoms with Gasteiger partial charge in [0.1, 0.15) is 5.83 Å². The number of hydrogen-bond donors (Lipinski definition) is 0. The van der Waals surface area contributed by atoms with Crippen molar-refractivity contribution in [3.05, 3.63) is 81.9 Å². The van der Waals surface area contributed by atoms with Crippen LogP contribution in [0, 0.1) is 27.7 Å². The molecule has 0 nitrogen and oxygen atoms in total. The third-order valence-electron chi connectivity index (χ3n) is 5.13. The summed E-state index contributed by atoms with van der Waals surface area (Å²) in [6.45, 7) is 14.2. The maximum Gasteiger partial charge on any atom is 0.255 e. The highest BCUT2D eigenvalue weighted by Gasteiger charge is 2.35. The van der Waals surface area contributed by atoms with E-state index in [0.717, 1.165) is 46.4 Å². The van der Waals surface area contributed by atoms with Gasteiger partial charge in [0.15, 0.2) is 0 Å². The third-order valence-corrected chi connectivity index (χ3v) is 5.13.